The third-order valence-corrected chi connectivity index (χ3v) is 4.30. The second-order valence-corrected chi connectivity index (χ2v) is 6.30. The van der Waals surface area contributed by atoms with Gasteiger partial charge < -0.3 is 4.42 Å². The van der Waals surface area contributed by atoms with Crippen molar-refractivity contribution < 1.29 is 4.42 Å². The van der Waals surface area contributed by atoms with Gasteiger partial charge in [0.1, 0.15) is 0 Å². The van der Waals surface area contributed by atoms with E-state index in [1.807, 2.05) is 42.6 Å². The molecule has 0 amide bonds. The van der Waals surface area contributed by atoms with Gasteiger partial charge in [0.15, 0.2) is 0 Å². The minimum Gasteiger partial charge on any atom is -0.424 e. The summed E-state index contributed by atoms with van der Waals surface area (Å²) in [6.45, 7) is 1.78. The highest BCUT2D eigenvalue weighted by molar-refractivity contribution is 7.97. The number of rotatable bonds is 6. The lowest BCUT2D eigenvalue weighted by Crippen LogP contribution is -2.17. The molecule has 2 heterocycles. The monoisotopic (exact) mass is 346 g/mol. The molecule has 1 N–H and O–H groups in total. The zero-order chi connectivity index (χ0) is 16.1. The maximum atomic E-state index is 5.91. The predicted molar refractivity (Wildman–Crippen MR) is 90.2 cm³/mol. The van der Waals surface area contributed by atoms with Crippen molar-refractivity contribution in [3.05, 3.63) is 71.2 Å². The van der Waals surface area contributed by atoms with Crippen LogP contribution in [-0.2, 0) is 6.42 Å². The molecule has 0 aliphatic heterocycles. The summed E-state index contributed by atoms with van der Waals surface area (Å²) in [5.41, 5.74) is 1.09. The molecular weight excluding hydrogens is 332 g/mol. The lowest BCUT2D eigenvalue weighted by molar-refractivity contribution is 0.418. The van der Waals surface area contributed by atoms with E-state index < -0.39 is 0 Å². The van der Waals surface area contributed by atoms with E-state index in [4.69, 9.17) is 16.0 Å². The van der Waals surface area contributed by atoms with Crippen LogP contribution >= 0.6 is 23.5 Å². The minimum atomic E-state index is -0.110. The van der Waals surface area contributed by atoms with Gasteiger partial charge in [0.2, 0.25) is 11.8 Å². The van der Waals surface area contributed by atoms with Crippen molar-refractivity contribution in [2.24, 2.45) is 0 Å². The summed E-state index contributed by atoms with van der Waals surface area (Å²) in [5, 5.41) is 8.77. The molecule has 5 nitrogen and oxygen atoms in total. The highest BCUT2D eigenvalue weighted by atomic mass is 35.5. The lowest BCUT2D eigenvalue weighted by Gasteiger charge is -2.14. The van der Waals surface area contributed by atoms with Crippen LogP contribution in [0, 0.1) is 6.92 Å². The van der Waals surface area contributed by atoms with Gasteiger partial charge in [0.05, 0.1) is 6.04 Å². The Hall–Kier alpha value is -1.89. The molecule has 0 aliphatic carbocycles. The van der Waals surface area contributed by atoms with E-state index in [-0.39, 0.29) is 6.04 Å². The molecule has 0 saturated carbocycles. The quantitative estimate of drug-likeness (QED) is 0.680. The standard InChI is InChI=1S/C16H15ClN4OS/c1-11-19-20-16(22-11)15(9-12-3-2-8-18-10-12)21-23-14-6-4-13(17)5-7-14/h2-8,10,15,21H,9H2,1H3. The number of benzene rings is 1. The highest BCUT2D eigenvalue weighted by Gasteiger charge is 2.19. The van der Waals surface area contributed by atoms with Gasteiger partial charge in [-0.1, -0.05) is 17.7 Å². The molecule has 0 spiro atoms. The minimum absolute atomic E-state index is 0.110. The first-order valence-electron chi connectivity index (χ1n) is 7.07. The zero-order valence-corrected chi connectivity index (χ0v) is 14.0. The van der Waals surface area contributed by atoms with E-state index in [0.717, 1.165) is 10.5 Å². The Balaban J connectivity index is 1.73. The van der Waals surface area contributed by atoms with Crippen molar-refractivity contribution in [2.45, 2.75) is 24.3 Å². The van der Waals surface area contributed by atoms with Crippen molar-refractivity contribution in [3.8, 4) is 0 Å². The molecule has 2 aromatic heterocycles. The number of nitrogens with zero attached hydrogens (tertiary/aromatic N) is 3. The molecular formula is C16H15ClN4OS. The van der Waals surface area contributed by atoms with Crippen LogP contribution in [0.2, 0.25) is 5.02 Å². The number of hydrogen-bond acceptors (Lipinski definition) is 6. The topological polar surface area (TPSA) is 63.8 Å². The third kappa shape index (κ3) is 4.54. The van der Waals surface area contributed by atoms with Crippen LogP contribution in [0.5, 0.6) is 0 Å². The van der Waals surface area contributed by atoms with Crippen molar-refractivity contribution in [2.75, 3.05) is 0 Å². The fourth-order valence-corrected chi connectivity index (χ4v) is 2.89. The predicted octanol–water partition coefficient (Wildman–Crippen LogP) is 4.01. The summed E-state index contributed by atoms with van der Waals surface area (Å²) >= 11 is 7.41. The average molecular weight is 347 g/mol. The van der Waals surface area contributed by atoms with E-state index in [9.17, 15) is 0 Å². The van der Waals surface area contributed by atoms with Crippen LogP contribution in [0.4, 0.5) is 0 Å². The molecule has 118 valence electrons. The van der Waals surface area contributed by atoms with Crippen LogP contribution in [0.1, 0.15) is 23.4 Å². The third-order valence-electron chi connectivity index (χ3n) is 3.14. The van der Waals surface area contributed by atoms with Crippen LogP contribution in [0.25, 0.3) is 0 Å². The number of nitrogens with one attached hydrogen (secondary N) is 1. The smallest absolute Gasteiger partial charge is 0.234 e. The molecule has 0 bridgehead atoms. The Morgan fingerprint density at radius 1 is 1.22 bits per heavy atom. The number of aromatic nitrogens is 3. The maximum Gasteiger partial charge on any atom is 0.234 e. The molecule has 0 saturated heterocycles. The van der Waals surface area contributed by atoms with Crippen LogP contribution in [-0.4, -0.2) is 15.2 Å². The Kier molecular flexibility index (Phi) is 5.27. The Morgan fingerprint density at radius 2 is 2.04 bits per heavy atom. The number of hydrogen-bond donors (Lipinski definition) is 1. The molecule has 0 radical (unpaired) electrons. The molecule has 0 aliphatic rings. The van der Waals surface area contributed by atoms with E-state index in [2.05, 4.69) is 19.9 Å². The summed E-state index contributed by atoms with van der Waals surface area (Å²) in [7, 11) is 0. The first-order valence-corrected chi connectivity index (χ1v) is 8.27. The summed E-state index contributed by atoms with van der Waals surface area (Å²) in [5.74, 6) is 1.11. The zero-order valence-electron chi connectivity index (χ0n) is 12.4. The SMILES string of the molecule is Cc1nnc(C(Cc2cccnc2)NSc2ccc(Cl)cc2)o1. The fourth-order valence-electron chi connectivity index (χ4n) is 2.03. The van der Waals surface area contributed by atoms with E-state index >= 15 is 0 Å². The summed E-state index contributed by atoms with van der Waals surface area (Å²) in [4.78, 5) is 5.21. The van der Waals surface area contributed by atoms with Crippen molar-refractivity contribution in [1.29, 1.82) is 0 Å². The second-order valence-electron chi connectivity index (χ2n) is 4.95. The molecule has 1 unspecified atom stereocenters. The van der Waals surface area contributed by atoms with Crippen LogP contribution in [0.15, 0.2) is 58.1 Å². The van der Waals surface area contributed by atoms with Gasteiger partial charge in [-0.3, -0.25) is 4.98 Å². The maximum absolute atomic E-state index is 5.91. The first kappa shape index (κ1) is 16.0. The molecule has 1 aromatic carbocycles. The molecule has 3 aromatic rings. The summed E-state index contributed by atoms with van der Waals surface area (Å²) < 4.78 is 8.97. The second kappa shape index (κ2) is 7.59. The number of halogens is 1. The van der Waals surface area contributed by atoms with Crippen LogP contribution < -0.4 is 4.72 Å². The van der Waals surface area contributed by atoms with Gasteiger partial charge in [-0.15, -0.1) is 10.2 Å². The highest BCUT2D eigenvalue weighted by Crippen LogP contribution is 2.24. The number of aryl methyl sites for hydroxylation is 1. The fraction of sp³-hybridized carbons (Fsp3) is 0.188. The van der Waals surface area contributed by atoms with Crippen molar-refractivity contribution in [3.63, 3.8) is 0 Å². The molecule has 1 atom stereocenters. The molecule has 7 heteroatoms. The largest absolute Gasteiger partial charge is 0.424 e. The first-order chi connectivity index (χ1) is 11.2. The van der Waals surface area contributed by atoms with Crippen LogP contribution in [0.3, 0.4) is 0 Å². The van der Waals surface area contributed by atoms with Crippen molar-refractivity contribution in [1.82, 2.24) is 19.9 Å². The van der Waals surface area contributed by atoms with Gasteiger partial charge in [-0.05, 0) is 54.3 Å². The van der Waals surface area contributed by atoms with Gasteiger partial charge in [-0.2, -0.15) is 0 Å². The normalized spacial score (nSPS) is 12.3. The Morgan fingerprint density at radius 3 is 2.70 bits per heavy atom. The Bertz CT molecular complexity index is 748. The molecule has 0 fully saturated rings. The van der Waals surface area contributed by atoms with E-state index in [1.165, 1.54) is 11.9 Å². The van der Waals surface area contributed by atoms with Gasteiger partial charge in [0, 0.05) is 29.2 Å². The van der Waals surface area contributed by atoms with Gasteiger partial charge in [-0.25, -0.2) is 4.72 Å². The Labute approximate surface area is 143 Å². The van der Waals surface area contributed by atoms with Gasteiger partial charge in [0.25, 0.3) is 0 Å². The molecule has 23 heavy (non-hydrogen) atoms. The van der Waals surface area contributed by atoms with E-state index in [1.54, 1.807) is 13.1 Å². The number of pyridine rings is 1. The van der Waals surface area contributed by atoms with E-state index in [0.29, 0.717) is 23.2 Å². The summed E-state index contributed by atoms with van der Waals surface area (Å²) in [6, 6.07) is 11.5. The summed E-state index contributed by atoms with van der Waals surface area (Å²) in [6.07, 6.45) is 4.30. The molecule has 3 rings (SSSR count). The van der Waals surface area contributed by atoms with Crippen molar-refractivity contribution >= 4 is 23.5 Å². The average Bonchev–Trinajstić information content (AvgIpc) is 3.00. The lowest BCUT2D eigenvalue weighted by atomic mass is 10.1. The van der Waals surface area contributed by atoms with Gasteiger partial charge >= 0.3 is 0 Å².